The number of ether oxygens (including phenoxy) is 4. The molecule has 1 aliphatic heterocycles. The van der Waals surface area contributed by atoms with Gasteiger partial charge >= 0.3 is 5.97 Å². The van der Waals surface area contributed by atoms with E-state index in [1.165, 1.54) is 14.0 Å². The van der Waals surface area contributed by atoms with Crippen LogP contribution in [0, 0.1) is 6.92 Å². The molecule has 2 aromatic carbocycles. The van der Waals surface area contributed by atoms with Gasteiger partial charge in [-0.25, -0.2) is 0 Å². The van der Waals surface area contributed by atoms with Crippen molar-refractivity contribution in [3.63, 3.8) is 0 Å². The minimum atomic E-state index is -0.784. The van der Waals surface area contributed by atoms with Crippen LogP contribution in [0.3, 0.4) is 0 Å². The predicted octanol–water partition coefficient (Wildman–Crippen LogP) is 4.16. The molecule has 0 aromatic heterocycles. The summed E-state index contributed by atoms with van der Waals surface area (Å²) in [6.45, 7) is 3.24. The molecule has 0 fully saturated rings. The summed E-state index contributed by atoms with van der Waals surface area (Å²) in [6, 6.07) is 8.38. The SMILES string of the molecule is COc1ccc(/C=C2\Oc3c(ccc(OC(=O)C(C)Cl)c3C)C2=O)c(OC)c1. The molecule has 0 spiro atoms. The van der Waals surface area contributed by atoms with Crippen molar-refractivity contribution >= 4 is 29.4 Å². The lowest BCUT2D eigenvalue weighted by Crippen LogP contribution is -2.18. The second-order valence-corrected chi connectivity index (χ2v) is 6.80. The van der Waals surface area contributed by atoms with E-state index >= 15 is 0 Å². The molecule has 146 valence electrons. The molecular weight excluding hydrogens is 384 g/mol. The molecule has 0 saturated heterocycles. The molecule has 1 atom stereocenters. The number of hydrogen-bond acceptors (Lipinski definition) is 6. The van der Waals surface area contributed by atoms with Crippen LogP contribution in [0.25, 0.3) is 6.08 Å². The number of alkyl halides is 1. The maximum Gasteiger partial charge on any atom is 0.329 e. The van der Waals surface area contributed by atoms with Crippen LogP contribution in [0.5, 0.6) is 23.0 Å². The minimum Gasteiger partial charge on any atom is -0.497 e. The molecule has 28 heavy (non-hydrogen) atoms. The normalized spacial score (nSPS) is 15.0. The number of ketones is 1. The maximum atomic E-state index is 12.7. The van der Waals surface area contributed by atoms with Gasteiger partial charge in [-0.2, -0.15) is 0 Å². The topological polar surface area (TPSA) is 71.1 Å². The quantitative estimate of drug-likeness (QED) is 0.323. The third kappa shape index (κ3) is 3.68. The van der Waals surface area contributed by atoms with E-state index in [9.17, 15) is 9.59 Å². The van der Waals surface area contributed by atoms with Gasteiger partial charge in [-0.05, 0) is 44.2 Å². The summed E-state index contributed by atoms with van der Waals surface area (Å²) in [5, 5.41) is -0.784. The smallest absolute Gasteiger partial charge is 0.329 e. The van der Waals surface area contributed by atoms with Crippen molar-refractivity contribution in [2.24, 2.45) is 0 Å². The number of esters is 1. The van der Waals surface area contributed by atoms with Gasteiger partial charge in [-0.1, -0.05) is 0 Å². The largest absolute Gasteiger partial charge is 0.497 e. The van der Waals surface area contributed by atoms with E-state index in [0.29, 0.717) is 39.7 Å². The van der Waals surface area contributed by atoms with Gasteiger partial charge in [0, 0.05) is 17.2 Å². The lowest BCUT2D eigenvalue weighted by molar-refractivity contribution is -0.133. The summed E-state index contributed by atoms with van der Waals surface area (Å²) in [4.78, 5) is 24.5. The molecule has 6 nitrogen and oxygen atoms in total. The zero-order valence-electron chi connectivity index (χ0n) is 15.9. The number of carbonyl (C=O) groups excluding carboxylic acids is 2. The molecule has 0 N–H and O–H groups in total. The molecule has 0 aliphatic carbocycles. The van der Waals surface area contributed by atoms with E-state index in [1.54, 1.807) is 50.4 Å². The summed E-state index contributed by atoms with van der Waals surface area (Å²) < 4.78 is 21.6. The van der Waals surface area contributed by atoms with Crippen LogP contribution in [0.4, 0.5) is 0 Å². The highest BCUT2D eigenvalue weighted by atomic mass is 35.5. The first-order chi connectivity index (χ1) is 13.3. The van der Waals surface area contributed by atoms with Gasteiger partial charge in [0.1, 0.15) is 28.4 Å². The van der Waals surface area contributed by atoms with E-state index in [-0.39, 0.29) is 11.5 Å². The molecule has 1 aliphatic rings. The second kappa shape index (κ2) is 7.94. The number of Topliss-reactive ketones (excluding diaryl/α,β-unsaturated/α-hetero) is 1. The lowest BCUT2D eigenvalue weighted by atomic mass is 10.1. The van der Waals surface area contributed by atoms with Crippen molar-refractivity contribution < 1.29 is 28.5 Å². The van der Waals surface area contributed by atoms with Crippen molar-refractivity contribution in [1.82, 2.24) is 0 Å². The van der Waals surface area contributed by atoms with Gasteiger partial charge in [0.25, 0.3) is 0 Å². The second-order valence-electron chi connectivity index (χ2n) is 6.15. The average Bonchev–Trinajstić information content (AvgIpc) is 3.00. The Morgan fingerprint density at radius 2 is 1.89 bits per heavy atom. The highest BCUT2D eigenvalue weighted by molar-refractivity contribution is 6.29. The maximum absolute atomic E-state index is 12.7. The Bertz CT molecular complexity index is 977. The van der Waals surface area contributed by atoms with Crippen LogP contribution < -0.4 is 18.9 Å². The predicted molar refractivity (Wildman–Crippen MR) is 105 cm³/mol. The molecular formula is C21H19ClO6. The molecule has 0 bridgehead atoms. The van der Waals surface area contributed by atoms with Crippen LogP contribution in [0.1, 0.15) is 28.4 Å². The third-order valence-corrected chi connectivity index (χ3v) is 4.48. The van der Waals surface area contributed by atoms with Crippen molar-refractivity contribution in [2.75, 3.05) is 14.2 Å². The summed E-state index contributed by atoms with van der Waals surface area (Å²) in [5.41, 5.74) is 1.61. The first-order valence-electron chi connectivity index (χ1n) is 8.51. The Labute approximate surface area is 167 Å². The zero-order valence-corrected chi connectivity index (χ0v) is 16.6. The number of hydrogen-bond donors (Lipinski definition) is 0. The van der Waals surface area contributed by atoms with Crippen molar-refractivity contribution in [2.45, 2.75) is 19.2 Å². The van der Waals surface area contributed by atoms with Crippen LogP contribution in [0.2, 0.25) is 0 Å². The highest BCUT2D eigenvalue weighted by Gasteiger charge is 2.31. The molecule has 0 amide bonds. The number of allylic oxidation sites excluding steroid dienone is 1. The first kappa shape index (κ1) is 19.8. The van der Waals surface area contributed by atoms with Gasteiger partial charge in [0.2, 0.25) is 5.78 Å². The molecule has 7 heteroatoms. The fourth-order valence-corrected chi connectivity index (χ4v) is 2.79. The van der Waals surface area contributed by atoms with Gasteiger partial charge in [-0.15, -0.1) is 11.6 Å². The number of benzene rings is 2. The Morgan fingerprint density at radius 1 is 1.14 bits per heavy atom. The van der Waals surface area contributed by atoms with E-state index in [4.69, 9.17) is 30.5 Å². The molecule has 0 saturated carbocycles. The Hall–Kier alpha value is -2.99. The van der Waals surface area contributed by atoms with Crippen LogP contribution in [-0.4, -0.2) is 31.3 Å². The molecule has 2 aromatic rings. The monoisotopic (exact) mass is 402 g/mol. The highest BCUT2D eigenvalue weighted by Crippen LogP contribution is 2.40. The Kier molecular flexibility index (Phi) is 5.61. The number of fused-ring (bicyclic) bond motifs is 1. The standard InChI is InChI=1S/C21H19ClO6/c1-11-16(28-21(24)12(2)22)8-7-15-19(23)18(27-20(11)15)9-13-5-6-14(25-3)10-17(13)26-4/h5-10,12H,1-4H3/b18-9-. The molecule has 0 radical (unpaired) electrons. The van der Waals surface area contributed by atoms with Gasteiger partial charge in [0.05, 0.1) is 19.8 Å². The summed E-state index contributed by atoms with van der Waals surface area (Å²) >= 11 is 5.74. The molecule has 3 rings (SSSR count). The fraction of sp³-hybridized carbons (Fsp3) is 0.238. The first-order valence-corrected chi connectivity index (χ1v) is 8.95. The third-order valence-electron chi connectivity index (χ3n) is 4.30. The van der Waals surface area contributed by atoms with E-state index < -0.39 is 11.3 Å². The van der Waals surface area contributed by atoms with Gasteiger partial charge < -0.3 is 18.9 Å². The summed E-state index contributed by atoms with van der Waals surface area (Å²) in [6.07, 6.45) is 1.60. The molecule has 1 heterocycles. The number of rotatable bonds is 5. The van der Waals surface area contributed by atoms with Crippen LogP contribution in [-0.2, 0) is 4.79 Å². The number of carbonyl (C=O) groups is 2. The fourth-order valence-electron chi connectivity index (χ4n) is 2.75. The van der Waals surface area contributed by atoms with E-state index in [2.05, 4.69) is 0 Å². The lowest BCUT2D eigenvalue weighted by Gasteiger charge is -2.11. The minimum absolute atomic E-state index is 0.149. The van der Waals surface area contributed by atoms with Crippen molar-refractivity contribution in [1.29, 1.82) is 0 Å². The van der Waals surface area contributed by atoms with Gasteiger partial charge in [0.15, 0.2) is 5.76 Å². The van der Waals surface area contributed by atoms with Crippen molar-refractivity contribution in [3.8, 4) is 23.0 Å². The van der Waals surface area contributed by atoms with Crippen LogP contribution >= 0.6 is 11.6 Å². The van der Waals surface area contributed by atoms with E-state index in [1.807, 2.05) is 0 Å². The van der Waals surface area contributed by atoms with Gasteiger partial charge in [-0.3, -0.25) is 9.59 Å². The molecule has 1 unspecified atom stereocenters. The van der Waals surface area contributed by atoms with Crippen molar-refractivity contribution in [3.05, 3.63) is 52.8 Å². The Balaban J connectivity index is 1.95. The Morgan fingerprint density at radius 3 is 2.54 bits per heavy atom. The number of halogens is 1. The zero-order chi connectivity index (χ0) is 20.4. The summed E-state index contributed by atoms with van der Waals surface area (Å²) in [7, 11) is 3.09. The van der Waals surface area contributed by atoms with E-state index in [0.717, 1.165) is 0 Å². The van der Waals surface area contributed by atoms with Crippen LogP contribution in [0.15, 0.2) is 36.1 Å². The number of methoxy groups -OCH3 is 2. The average molecular weight is 403 g/mol. The summed E-state index contributed by atoms with van der Waals surface area (Å²) in [5.74, 6) is 1.14.